The Kier molecular flexibility index (Phi) is 5.04. The fourth-order valence-corrected chi connectivity index (χ4v) is 4.30. The third-order valence-corrected chi connectivity index (χ3v) is 5.93. The molecule has 0 saturated heterocycles. The molecule has 5 rings (SSSR count). The average Bonchev–Trinajstić information content (AvgIpc) is 3.19. The molecule has 0 fully saturated rings. The number of halogens is 1. The minimum Gasteiger partial charge on any atom is -0.345 e. The highest BCUT2D eigenvalue weighted by atomic mass is 35.5. The van der Waals surface area contributed by atoms with Crippen molar-refractivity contribution in [2.24, 2.45) is 16.8 Å². The number of nitrogens with one attached hydrogen (secondary N) is 1. The Hall–Kier alpha value is -3.44. The highest BCUT2D eigenvalue weighted by Gasteiger charge is 2.25. The molecule has 1 aliphatic heterocycles. The number of hydrogen-bond donors (Lipinski definition) is 1. The summed E-state index contributed by atoms with van der Waals surface area (Å²) in [6.45, 7) is 2.51. The number of rotatable bonds is 4. The van der Waals surface area contributed by atoms with E-state index in [1.54, 1.807) is 0 Å². The summed E-state index contributed by atoms with van der Waals surface area (Å²) in [5.41, 5.74) is 4.02. The normalized spacial score (nSPS) is 19.7. The van der Waals surface area contributed by atoms with Crippen molar-refractivity contribution in [3.63, 3.8) is 0 Å². The van der Waals surface area contributed by atoms with Gasteiger partial charge >= 0.3 is 0 Å². The highest BCUT2D eigenvalue weighted by molar-refractivity contribution is 6.30. The van der Waals surface area contributed by atoms with Gasteiger partial charge in [-0.3, -0.25) is 14.2 Å². The smallest absolute Gasteiger partial charge is 0.272 e. The summed E-state index contributed by atoms with van der Waals surface area (Å²) in [6, 6.07) is 13.2. The first kappa shape index (κ1) is 19.5. The van der Waals surface area contributed by atoms with E-state index in [1.807, 2.05) is 65.4 Å². The van der Waals surface area contributed by atoms with E-state index >= 15 is 0 Å². The Bertz CT molecular complexity index is 1300. The van der Waals surface area contributed by atoms with Crippen molar-refractivity contribution in [3.05, 3.63) is 95.0 Å². The lowest BCUT2D eigenvalue weighted by Crippen LogP contribution is -2.29. The van der Waals surface area contributed by atoms with Crippen LogP contribution < -0.4 is 5.32 Å². The number of amides is 1. The Balaban J connectivity index is 1.45. The SMILES string of the molecule is CC1C=NC(CNC(=O)c2nc(-c3cccc(Cl)c3)n3ccccc23)=C2C=CC=CC21. The zero-order valence-corrected chi connectivity index (χ0v) is 17.8. The van der Waals surface area contributed by atoms with Crippen LogP contribution in [0.15, 0.2) is 89.2 Å². The molecule has 1 aromatic carbocycles. The molecule has 0 radical (unpaired) electrons. The molecule has 0 saturated carbocycles. The van der Waals surface area contributed by atoms with Gasteiger partial charge in [0.1, 0.15) is 5.82 Å². The minimum absolute atomic E-state index is 0.231. The van der Waals surface area contributed by atoms with E-state index in [1.165, 1.54) is 0 Å². The second kappa shape index (κ2) is 8.00. The maximum atomic E-state index is 13.1. The van der Waals surface area contributed by atoms with Crippen molar-refractivity contribution >= 4 is 29.2 Å². The van der Waals surface area contributed by atoms with Crippen LogP contribution in [-0.4, -0.2) is 28.1 Å². The number of imidazole rings is 1. The van der Waals surface area contributed by atoms with Crippen molar-refractivity contribution in [2.45, 2.75) is 6.92 Å². The largest absolute Gasteiger partial charge is 0.345 e. The third kappa shape index (κ3) is 3.62. The van der Waals surface area contributed by atoms with Gasteiger partial charge in [-0.05, 0) is 29.8 Å². The van der Waals surface area contributed by atoms with Crippen LogP contribution in [0.2, 0.25) is 5.02 Å². The van der Waals surface area contributed by atoms with Crippen LogP contribution in [0.4, 0.5) is 0 Å². The Morgan fingerprint density at radius 2 is 2.10 bits per heavy atom. The average molecular weight is 429 g/mol. The molecule has 2 aromatic heterocycles. The Morgan fingerprint density at radius 1 is 1.19 bits per heavy atom. The first-order valence-corrected chi connectivity index (χ1v) is 10.6. The van der Waals surface area contributed by atoms with E-state index in [2.05, 4.69) is 40.4 Å². The van der Waals surface area contributed by atoms with E-state index in [9.17, 15) is 4.79 Å². The van der Waals surface area contributed by atoms with E-state index in [4.69, 9.17) is 11.6 Å². The summed E-state index contributed by atoms with van der Waals surface area (Å²) in [5, 5.41) is 3.64. The number of pyridine rings is 1. The Labute approximate surface area is 185 Å². The first-order chi connectivity index (χ1) is 15.1. The van der Waals surface area contributed by atoms with Crippen molar-refractivity contribution in [2.75, 3.05) is 6.54 Å². The number of aromatic nitrogens is 2. The zero-order valence-electron chi connectivity index (χ0n) is 17.0. The zero-order chi connectivity index (χ0) is 21.4. The molecule has 2 aliphatic rings. The van der Waals surface area contributed by atoms with Gasteiger partial charge in [0.05, 0.1) is 17.8 Å². The molecule has 1 aliphatic carbocycles. The lowest BCUT2D eigenvalue weighted by Gasteiger charge is -2.27. The maximum absolute atomic E-state index is 13.1. The molecule has 1 N–H and O–H groups in total. The fraction of sp³-hybridized carbons (Fsp3) is 0.160. The number of nitrogens with zero attached hydrogens (tertiary/aromatic N) is 3. The summed E-state index contributed by atoms with van der Waals surface area (Å²) in [7, 11) is 0. The third-order valence-electron chi connectivity index (χ3n) is 5.69. The van der Waals surface area contributed by atoms with Gasteiger partial charge in [0.15, 0.2) is 5.69 Å². The second-order valence-corrected chi connectivity index (χ2v) is 8.18. The van der Waals surface area contributed by atoms with Crippen LogP contribution in [0.25, 0.3) is 16.9 Å². The van der Waals surface area contributed by atoms with Gasteiger partial charge in [-0.15, -0.1) is 0 Å². The summed E-state index contributed by atoms with van der Waals surface area (Å²) < 4.78 is 1.91. The molecule has 31 heavy (non-hydrogen) atoms. The topological polar surface area (TPSA) is 58.8 Å². The van der Waals surface area contributed by atoms with Crippen LogP contribution in [0.3, 0.4) is 0 Å². The van der Waals surface area contributed by atoms with Crippen LogP contribution in [0, 0.1) is 11.8 Å². The van der Waals surface area contributed by atoms with Crippen LogP contribution in [-0.2, 0) is 0 Å². The van der Waals surface area contributed by atoms with Crippen LogP contribution in [0.5, 0.6) is 0 Å². The quantitative estimate of drug-likeness (QED) is 0.628. The molecule has 0 bridgehead atoms. The molecular formula is C25H21ClN4O. The predicted octanol–water partition coefficient (Wildman–Crippen LogP) is 5.10. The number of benzene rings is 1. The fourth-order valence-electron chi connectivity index (χ4n) is 4.11. The van der Waals surface area contributed by atoms with Gasteiger partial charge in [-0.1, -0.05) is 61.0 Å². The number of carbonyl (C=O) groups is 1. The molecule has 5 nitrogen and oxygen atoms in total. The molecule has 6 heteroatoms. The molecule has 2 unspecified atom stereocenters. The number of allylic oxidation sites excluding steroid dienone is 5. The lowest BCUT2D eigenvalue weighted by atomic mass is 9.82. The standard InChI is InChI=1S/C25H21ClN4O/c1-16-14-27-21(20-10-3-2-9-19(16)20)15-28-25(31)23-22-11-4-5-12-30(22)24(29-23)17-7-6-8-18(26)13-17/h2-14,16,19H,15H2,1H3,(H,28,31). The van der Waals surface area contributed by atoms with Crippen molar-refractivity contribution < 1.29 is 4.79 Å². The highest BCUT2D eigenvalue weighted by Crippen LogP contribution is 2.32. The van der Waals surface area contributed by atoms with E-state index in [0.717, 1.165) is 22.4 Å². The van der Waals surface area contributed by atoms with Crippen LogP contribution >= 0.6 is 11.6 Å². The molecule has 3 aromatic rings. The second-order valence-electron chi connectivity index (χ2n) is 7.74. The first-order valence-electron chi connectivity index (χ1n) is 10.2. The molecule has 3 heterocycles. The van der Waals surface area contributed by atoms with Gasteiger partial charge < -0.3 is 5.32 Å². The predicted molar refractivity (Wildman–Crippen MR) is 124 cm³/mol. The minimum atomic E-state index is -0.231. The van der Waals surface area contributed by atoms with E-state index in [-0.39, 0.29) is 5.91 Å². The summed E-state index contributed by atoms with van der Waals surface area (Å²) in [6.07, 6.45) is 12.2. The number of hydrogen-bond acceptors (Lipinski definition) is 3. The lowest BCUT2D eigenvalue weighted by molar-refractivity contribution is 0.0954. The monoisotopic (exact) mass is 428 g/mol. The van der Waals surface area contributed by atoms with Gasteiger partial charge in [0.2, 0.25) is 0 Å². The molecule has 154 valence electrons. The van der Waals surface area contributed by atoms with Gasteiger partial charge in [0, 0.05) is 34.8 Å². The Morgan fingerprint density at radius 3 is 2.97 bits per heavy atom. The molecule has 0 spiro atoms. The van der Waals surface area contributed by atoms with Crippen molar-refractivity contribution in [1.82, 2.24) is 14.7 Å². The van der Waals surface area contributed by atoms with Gasteiger partial charge in [-0.25, -0.2) is 4.98 Å². The summed E-state index contributed by atoms with van der Waals surface area (Å²) >= 11 is 6.17. The summed E-state index contributed by atoms with van der Waals surface area (Å²) in [4.78, 5) is 22.4. The maximum Gasteiger partial charge on any atom is 0.272 e. The van der Waals surface area contributed by atoms with Gasteiger partial charge in [0.25, 0.3) is 5.91 Å². The summed E-state index contributed by atoms with van der Waals surface area (Å²) in [5.74, 6) is 1.09. The number of fused-ring (bicyclic) bond motifs is 2. The van der Waals surface area contributed by atoms with Crippen molar-refractivity contribution in [3.8, 4) is 11.4 Å². The van der Waals surface area contributed by atoms with Gasteiger partial charge in [-0.2, -0.15) is 0 Å². The van der Waals surface area contributed by atoms with Crippen LogP contribution in [0.1, 0.15) is 17.4 Å². The number of aliphatic imine (C=N–C) groups is 1. The van der Waals surface area contributed by atoms with E-state index < -0.39 is 0 Å². The molecule has 2 atom stereocenters. The number of carbonyl (C=O) groups excluding carboxylic acids is 1. The van der Waals surface area contributed by atoms with Crippen molar-refractivity contribution in [1.29, 1.82) is 0 Å². The van der Waals surface area contributed by atoms with E-state index in [0.29, 0.717) is 34.9 Å². The molecule has 1 amide bonds. The molecular weight excluding hydrogens is 408 g/mol.